The Morgan fingerprint density at radius 3 is 1.57 bits per heavy atom. The van der Waals surface area contributed by atoms with Crippen LogP contribution in [0.5, 0.6) is 0 Å². The highest BCUT2D eigenvalue weighted by Crippen LogP contribution is 2.43. The van der Waals surface area contributed by atoms with Crippen molar-refractivity contribution in [1.82, 2.24) is 0 Å². The Hall–Kier alpha value is -2.36. The number of phosphoric acid groups is 1. The minimum atomic E-state index is -4.41. The molecule has 0 aromatic carbocycles. The predicted octanol–water partition coefficient (Wildman–Crippen LogP) is 13.5. The third-order valence-corrected chi connectivity index (χ3v) is 11.2. The number of ketones is 1. The molecule has 0 radical (unpaired) electrons. The lowest BCUT2D eigenvalue weighted by atomic mass is 10.0. The zero-order valence-corrected chi connectivity index (χ0v) is 39.1. The predicted molar refractivity (Wildman–Crippen MR) is 248 cm³/mol. The van der Waals surface area contributed by atoms with E-state index in [9.17, 15) is 23.8 Å². The monoisotopic (exact) mass is 866 g/mol. The van der Waals surface area contributed by atoms with Gasteiger partial charge in [0.15, 0.2) is 11.9 Å². The number of hydrogen-bond acceptors (Lipinski definition) is 9. The van der Waals surface area contributed by atoms with E-state index in [1.807, 2.05) is 24.3 Å². The highest BCUT2D eigenvalue weighted by Gasteiger charge is 2.26. The van der Waals surface area contributed by atoms with E-state index in [2.05, 4.69) is 26.0 Å². The van der Waals surface area contributed by atoms with Crippen LogP contribution in [0.25, 0.3) is 0 Å². The lowest BCUT2D eigenvalue weighted by Gasteiger charge is -2.19. The maximum atomic E-state index is 12.6. The van der Waals surface area contributed by atoms with Gasteiger partial charge in [-0.25, -0.2) is 4.57 Å². The minimum Gasteiger partial charge on any atom is -0.462 e. The van der Waals surface area contributed by atoms with Gasteiger partial charge in [0.25, 0.3) is 0 Å². The average Bonchev–Trinajstić information content (AvgIpc) is 3.23. The van der Waals surface area contributed by atoms with Crippen molar-refractivity contribution in [2.75, 3.05) is 26.4 Å². The highest BCUT2D eigenvalue weighted by molar-refractivity contribution is 7.47. The number of nitrogens with two attached hydrogens (primary N) is 1. The molecule has 0 aliphatic rings. The van der Waals surface area contributed by atoms with Crippen molar-refractivity contribution in [3.8, 4) is 0 Å². The Labute approximate surface area is 366 Å². The molecule has 348 valence electrons. The molecule has 0 saturated heterocycles. The van der Waals surface area contributed by atoms with Gasteiger partial charge in [0.2, 0.25) is 0 Å². The van der Waals surface area contributed by atoms with Crippen LogP contribution in [0.1, 0.15) is 213 Å². The number of unbranched alkanes of at least 4 members (excludes halogenated alkanes) is 23. The molecule has 11 heteroatoms. The van der Waals surface area contributed by atoms with E-state index in [1.165, 1.54) is 116 Å². The molecule has 0 aliphatic carbocycles. The van der Waals surface area contributed by atoms with Gasteiger partial charge in [-0.05, 0) is 44.6 Å². The molecule has 0 aromatic rings. The SMILES string of the molecule is CCCCCCCCCCCCCCCCCCCCCCCC(=O)OC[C@H](COP(=O)(O)OCCN)OC(=O)CCC/C=C\C/C=C\C/C=C\C=C\C(=O)CCCCC. The number of rotatable bonds is 45. The molecule has 0 bridgehead atoms. The van der Waals surface area contributed by atoms with Crippen molar-refractivity contribution in [3.05, 3.63) is 48.6 Å². The molecule has 1 unspecified atom stereocenters. The summed E-state index contributed by atoms with van der Waals surface area (Å²) in [6.07, 6.45) is 48.5. The first-order valence-electron chi connectivity index (χ1n) is 24.1. The molecule has 0 fully saturated rings. The molecular weight excluding hydrogens is 778 g/mol. The van der Waals surface area contributed by atoms with Gasteiger partial charge in [-0.1, -0.05) is 198 Å². The van der Waals surface area contributed by atoms with E-state index in [0.29, 0.717) is 19.3 Å². The minimum absolute atomic E-state index is 0.0345. The third kappa shape index (κ3) is 43.7. The Kier molecular flexibility index (Phi) is 42.9. The zero-order valence-electron chi connectivity index (χ0n) is 38.2. The summed E-state index contributed by atoms with van der Waals surface area (Å²) in [7, 11) is -4.41. The van der Waals surface area contributed by atoms with Crippen molar-refractivity contribution in [3.63, 3.8) is 0 Å². The van der Waals surface area contributed by atoms with E-state index in [1.54, 1.807) is 12.2 Å². The standard InChI is InChI=1S/C49H88NO9P/c1-3-5-7-8-9-10-11-12-13-14-15-16-17-18-19-20-23-26-29-32-36-40-48(52)56-44-47(45-58-60(54,55)57-43-42-50)59-49(53)41-37-33-30-27-24-21-22-25-28-31-35-39-46(51)38-34-6-4-2/h21-22,27-28,30-31,35,39,47H,3-20,23-26,29,32-34,36-38,40-45,50H2,1-2H3,(H,54,55)/b22-21-,30-27-,31-28-,39-35+/t47-/m1/s1. The Morgan fingerprint density at radius 2 is 1.02 bits per heavy atom. The van der Waals surface area contributed by atoms with Crippen molar-refractivity contribution in [2.45, 2.75) is 219 Å². The van der Waals surface area contributed by atoms with E-state index >= 15 is 0 Å². The van der Waals surface area contributed by atoms with Crippen LogP contribution in [0.3, 0.4) is 0 Å². The quantitative estimate of drug-likeness (QED) is 0.0151. The lowest BCUT2D eigenvalue weighted by molar-refractivity contribution is -0.161. The van der Waals surface area contributed by atoms with Gasteiger partial charge in [0, 0.05) is 25.8 Å². The molecule has 60 heavy (non-hydrogen) atoms. The van der Waals surface area contributed by atoms with E-state index in [0.717, 1.165) is 51.4 Å². The summed E-state index contributed by atoms with van der Waals surface area (Å²) in [5, 5.41) is 0. The van der Waals surface area contributed by atoms with E-state index in [-0.39, 0.29) is 38.4 Å². The van der Waals surface area contributed by atoms with Crippen molar-refractivity contribution in [2.24, 2.45) is 5.73 Å². The Balaban J connectivity index is 4.17. The summed E-state index contributed by atoms with van der Waals surface area (Å²) >= 11 is 0. The van der Waals surface area contributed by atoms with Gasteiger partial charge < -0.3 is 20.1 Å². The lowest BCUT2D eigenvalue weighted by Crippen LogP contribution is -2.29. The van der Waals surface area contributed by atoms with Gasteiger partial charge in [0.1, 0.15) is 6.61 Å². The van der Waals surface area contributed by atoms with Crippen LogP contribution in [0, 0.1) is 0 Å². The maximum absolute atomic E-state index is 12.6. The van der Waals surface area contributed by atoms with Crippen molar-refractivity contribution in [1.29, 1.82) is 0 Å². The highest BCUT2D eigenvalue weighted by atomic mass is 31.2. The van der Waals surface area contributed by atoms with Crippen LogP contribution in [-0.2, 0) is 37.5 Å². The van der Waals surface area contributed by atoms with Crippen molar-refractivity contribution < 1.29 is 42.4 Å². The second-order valence-corrected chi connectivity index (χ2v) is 17.5. The second-order valence-electron chi connectivity index (χ2n) is 16.0. The average molecular weight is 866 g/mol. The summed E-state index contributed by atoms with van der Waals surface area (Å²) in [4.78, 5) is 46.7. The largest absolute Gasteiger partial charge is 0.472 e. The van der Waals surface area contributed by atoms with Crippen LogP contribution >= 0.6 is 7.82 Å². The van der Waals surface area contributed by atoms with Gasteiger partial charge in [-0.2, -0.15) is 0 Å². The number of ether oxygens (including phenoxy) is 2. The van der Waals surface area contributed by atoms with Crippen LogP contribution in [0.2, 0.25) is 0 Å². The van der Waals surface area contributed by atoms with Crippen LogP contribution in [0.15, 0.2) is 48.6 Å². The molecule has 0 aliphatic heterocycles. The number of carbonyl (C=O) groups is 3. The molecule has 0 spiro atoms. The summed E-state index contributed by atoms with van der Waals surface area (Å²) in [5.41, 5.74) is 5.35. The third-order valence-electron chi connectivity index (χ3n) is 10.2. The van der Waals surface area contributed by atoms with Gasteiger partial charge in [-0.3, -0.25) is 23.4 Å². The Bertz CT molecular complexity index is 1190. The number of phosphoric ester groups is 1. The van der Waals surface area contributed by atoms with Crippen LogP contribution in [0.4, 0.5) is 0 Å². The fourth-order valence-corrected chi connectivity index (χ4v) is 7.35. The van der Waals surface area contributed by atoms with Gasteiger partial charge >= 0.3 is 19.8 Å². The topological polar surface area (TPSA) is 151 Å². The molecule has 0 aromatic heterocycles. The summed E-state index contributed by atoms with van der Waals surface area (Å²) in [5.74, 6) is -0.756. The molecule has 0 rings (SSSR count). The number of allylic oxidation sites excluding steroid dienone is 8. The molecule has 0 amide bonds. The van der Waals surface area contributed by atoms with Crippen molar-refractivity contribution >= 4 is 25.5 Å². The number of carbonyl (C=O) groups excluding carboxylic acids is 3. The second kappa shape index (κ2) is 44.7. The first kappa shape index (κ1) is 57.6. The molecule has 0 heterocycles. The summed E-state index contributed by atoms with van der Waals surface area (Å²) in [6, 6.07) is 0. The fourth-order valence-electron chi connectivity index (χ4n) is 6.58. The normalized spacial score (nSPS) is 13.5. The van der Waals surface area contributed by atoms with Gasteiger partial charge in [-0.15, -0.1) is 0 Å². The fraction of sp³-hybridized carbons (Fsp3) is 0.776. The molecule has 3 N–H and O–H groups in total. The Morgan fingerprint density at radius 1 is 0.550 bits per heavy atom. The van der Waals surface area contributed by atoms with E-state index in [4.69, 9.17) is 24.3 Å². The van der Waals surface area contributed by atoms with Crippen LogP contribution < -0.4 is 5.73 Å². The smallest absolute Gasteiger partial charge is 0.462 e. The number of hydrogen-bond donors (Lipinski definition) is 2. The van der Waals surface area contributed by atoms with Crippen LogP contribution in [-0.4, -0.2) is 55.1 Å². The number of esters is 2. The zero-order chi connectivity index (χ0) is 44.0. The first-order valence-corrected chi connectivity index (χ1v) is 25.6. The maximum Gasteiger partial charge on any atom is 0.472 e. The molecular formula is C49H88NO9P. The first-order chi connectivity index (χ1) is 29.2. The summed E-state index contributed by atoms with van der Waals surface area (Å²) in [6.45, 7) is 3.51. The van der Waals surface area contributed by atoms with Gasteiger partial charge in [0.05, 0.1) is 13.2 Å². The molecule has 0 saturated carbocycles. The molecule has 10 nitrogen and oxygen atoms in total. The summed E-state index contributed by atoms with van der Waals surface area (Å²) < 4.78 is 32.8. The molecule has 2 atom stereocenters. The van der Waals surface area contributed by atoms with E-state index < -0.39 is 32.5 Å².